The molecule has 1 saturated heterocycles. The lowest BCUT2D eigenvalue weighted by Gasteiger charge is -2.36. The van der Waals surface area contributed by atoms with Crippen LogP contribution in [0.3, 0.4) is 0 Å². The van der Waals surface area contributed by atoms with Crippen LogP contribution in [0.5, 0.6) is 5.75 Å². The van der Waals surface area contributed by atoms with Crippen molar-refractivity contribution in [2.75, 3.05) is 44.7 Å². The van der Waals surface area contributed by atoms with Crippen molar-refractivity contribution in [3.63, 3.8) is 0 Å². The van der Waals surface area contributed by atoms with Crippen molar-refractivity contribution in [1.29, 1.82) is 0 Å². The first kappa shape index (κ1) is 21.4. The zero-order chi connectivity index (χ0) is 19.7. The minimum Gasteiger partial charge on any atom is -0.495 e. The molecule has 3 aromatic rings. The third kappa shape index (κ3) is 4.19. The number of hydrogen-bond donors (Lipinski definition) is 1. The highest BCUT2D eigenvalue weighted by atomic mass is 35.5. The maximum atomic E-state index is 12.7. The van der Waals surface area contributed by atoms with E-state index in [1.165, 1.54) is 15.9 Å². The fourth-order valence-corrected chi connectivity index (χ4v) is 4.56. The predicted molar refractivity (Wildman–Crippen MR) is 120 cm³/mol. The summed E-state index contributed by atoms with van der Waals surface area (Å²) in [5, 5.41) is 2.46. The largest absolute Gasteiger partial charge is 0.495 e. The molecular formula is C20H25ClN4O3S. The number of thiophene rings is 1. The molecule has 1 N–H and O–H groups in total. The van der Waals surface area contributed by atoms with Crippen molar-refractivity contribution in [3.8, 4) is 5.75 Å². The molecule has 0 unspecified atom stereocenters. The molecule has 0 aliphatic carbocycles. The van der Waals surface area contributed by atoms with Gasteiger partial charge in [0.15, 0.2) is 0 Å². The normalized spacial score (nSPS) is 14.8. The summed E-state index contributed by atoms with van der Waals surface area (Å²) in [5.74, 6) is 0.883. The van der Waals surface area contributed by atoms with Gasteiger partial charge in [-0.2, -0.15) is 0 Å². The topological polar surface area (TPSA) is 70.6 Å². The smallest absolute Gasteiger partial charge is 0.328 e. The minimum atomic E-state index is -0.331. The van der Waals surface area contributed by atoms with E-state index >= 15 is 0 Å². The maximum absolute atomic E-state index is 12.7. The molecule has 1 fully saturated rings. The number of nitrogens with one attached hydrogen (secondary N) is 1. The number of H-pyrrole nitrogens is 1. The third-order valence-electron chi connectivity index (χ3n) is 5.36. The molecule has 0 radical (unpaired) electrons. The summed E-state index contributed by atoms with van der Waals surface area (Å²) in [5.41, 5.74) is 1.22. The van der Waals surface area contributed by atoms with Gasteiger partial charge in [-0.3, -0.25) is 14.3 Å². The second-order valence-electron chi connectivity index (χ2n) is 6.97. The van der Waals surface area contributed by atoms with Crippen molar-refractivity contribution in [3.05, 3.63) is 55.4 Å². The van der Waals surface area contributed by atoms with Gasteiger partial charge in [0, 0.05) is 49.5 Å². The first-order chi connectivity index (χ1) is 13.6. The highest BCUT2D eigenvalue weighted by Gasteiger charge is 2.20. The lowest BCUT2D eigenvalue weighted by molar-refractivity contribution is 0.245. The lowest BCUT2D eigenvalue weighted by atomic mass is 10.2. The van der Waals surface area contributed by atoms with Gasteiger partial charge in [0.1, 0.15) is 5.75 Å². The Balaban J connectivity index is 0.00000240. The average Bonchev–Trinajstić information content (AvgIpc) is 3.08. The van der Waals surface area contributed by atoms with E-state index in [0.717, 1.165) is 42.5 Å². The molecule has 0 saturated carbocycles. The van der Waals surface area contributed by atoms with Crippen LogP contribution in [0, 0.1) is 6.92 Å². The number of nitrogens with zero attached hydrogens (tertiary/aromatic N) is 3. The lowest BCUT2D eigenvalue weighted by Crippen LogP contribution is -2.48. The standard InChI is InChI=1S/C20H24N4O3S.ClH/c1-14-18-15(13-28-14)21-20(26)24(19(18)25)12-9-22-7-10-23(11-8-22)16-5-3-4-6-17(16)27-2;/h3-6,13H,7-12H2,1-2H3,(H,21,26);1H. The summed E-state index contributed by atoms with van der Waals surface area (Å²) >= 11 is 1.49. The Labute approximate surface area is 178 Å². The van der Waals surface area contributed by atoms with Crippen LogP contribution in [0.15, 0.2) is 39.2 Å². The maximum Gasteiger partial charge on any atom is 0.328 e. The molecule has 1 aromatic carbocycles. The first-order valence-electron chi connectivity index (χ1n) is 9.39. The molecule has 9 heteroatoms. The second-order valence-corrected chi connectivity index (χ2v) is 8.05. The number of ether oxygens (including phenoxy) is 1. The summed E-state index contributed by atoms with van der Waals surface area (Å²) in [7, 11) is 1.69. The summed E-state index contributed by atoms with van der Waals surface area (Å²) in [6, 6.07) is 8.04. The molecule has 4 rings (SSSR count). The molecule has 1 aliphatic rings. The summed E-state index contributed by atoms with van der Waals surface area (Å²) in [6.45, 7) is 6.51. The van der Waals surface area contributed by atoms with Gasteiger partial charge in [-0.15, -0.1) is 23.7 Å². The average molecular weight is 437 g/mol. The molecule has 1 aliphatic heterocycles. The van der Waals surface area contributed by atoms with Gasteiger partial charge in [0.05, 0.1) is 23.7 Å². The summed E-state index contributed by atoms with van der Waals surface area (Å²) in [6.07, 6.45) is 0. The number of para-hydroxylation sites is 2. The van der Waals surface area contributed by atoms with E-state index in [1.807, 2.05) is 30.5 Å². The van der Waals surface area contributed by atoms with Crippen LogP contribution in [-0.2, 0) is 6.54 Å². The molecule has 0 atom stereocenters. The molecule has 2 aromatic heterocycles. The number of fused-ring (bicyclic) bond motifs is 1. The van der Waals surface area contributed by atoms with Gasteiger partial charge >= 0.3 is 5.69 Å². The second kappa shape index (κ2) is 9.02. The van der Waals surface area contributed by atoms with E-state index in [9.17, 15) is 9.59 Å². The fraction of sp³-hybridized carbons (Fsp3) is 0.400. The van der Waals surface area contributed by atoms with Crippen LogP contribution in [0.25, 0.3) is 10.9 Å². The quantitative estimate of drug-likeness (QED) is 0.664. The number of halogens is 1. The zero-order valence-corrected chi connectivity index (χ0v) is 18.1. The highest BCUT2D eigenvalue weighted by Crippen LogP contribution is 2.28. The van der Waals surface area contributed by atoms with E-state index in [2.05, 4.69) is 20.9 Å². The molecule has 156 valence electrons. The van der Waals surface area contributed by atoms with Crippen molar-refractivity contribution < 1.29 is 4.74 Å². The Morgan fingerprint density at radius 2 is 1.83 bits per heavy atom. The van der Waals surface area contributed by atoms with Crippen LogP contribution in [0.4, 0.5) is 5.69 Å². The number of anilines is 1. The van der Waals surface area contributed by atoms with E-state index in [-0.39, 0.29) is 23.7 Å². The highest BCUT2D eigenvalue weighted by molar-refractivity contribution is 7.11. The minimum absolute atomic E-state index is 0. The van der Waals surface area contributed by atoms with E-state index in [0.29, 0.717) is 24.0 Å². The van der Waals surface area contributed by atoms with Crippen molar-refractivity contribution in [2.45, 2.75) is 13.5 Å². The molecule has 0 spiro atoms. The van der Waals surface area contributed by atoms with Gasteiger partial charge in [-0.25, -0.2) is 4.79 Å². The van der Waals surface area contributed by atoms with Gasteiger partial charge in [-0.05, 0) is 19.1 Å². The van der Waals surface area contributed by atoms with Gasteiger partial charge in [-0.1, -0.05) is 12.1 Å². The third-order valence-corrected chi connectivity index (χ3v) is 6.27. The van der Waals surface area contributed by atoms with Crippen molar-refractivity contribution in [1.82, 2.24) is 14.5 Å². The van der Waals surface area contributed by atoms with Crippen LogP contribution < -0.4 is 20.9 Å². The monoisotopic (exact) mass is 436 g/mol. The number of methoxy groups -OCH3 is 1. The van der Waals surface area contributed by atoms with Crippen LogP contribution in [-0.4, -0.2) is 54.3 Å². The number of aryl methyl sites for hydroxylation is 1. The van der Waals surface area contributed by atoms with Crippen molar-refractivity contribution >= 4 is 40.3 Å². The van der Waals surface area contributed by atoms with Gasteiger partial charge in [0.2, 0.25) is 0 Å². The van der Waals surface area contributed by atoms with E-state index < -0.39 is 0 Å². The van der Waals surface area contributed by atoms with E-state index in [4.69, 9.17) is 4.74 Å². The predicted octanol–water partition coefficient (Wildman–Crippen LogP) is 2.31. The summed E-state index contributed by atoms with van der Waals surface area (Å²) in [4.78, 5) is 33.4. The number of piperazine rings is 1. The number of aromatic nitrogens is 2. The first-order valence-corrected chi connectivity index (χ1v) is 10.3. The Hall–Kier alpha value is -2.29. The Morgan fingerprint density at radius 1 is 1.10 bits per heavy atom. The number of rotatable bonds is 5. The molecule has 3 heterocycles. The Bertz CT molecular complexity index is 1100. The molecular weight excluding hydrogens is 412 g/mol. The van der Waals surface area contributed by atoms with Gasteiger partial charge in [0.25, 0.3) is 5.56 Å². The molecule has 0 amide bonds. The van der Waals surface area contributed by atoms with E-state index in [1.54, 1.807) is 7.11 Å². The van der Waals surface area contributed by atoms with Crippen LogP contribution in [0.2, 0.25) is 0 Å². The van der Waals surface area contributed by atoms with Crippen molar-refractivity contribution in [2.24, 2.45) is 0 Å². The molecule has 7 nitrogen and oxygen atoms in total. The fourth-order valence-electron chi connectivity index (χ4n) is 3.77. The molecule has 0 bridgehead atoms. The van der Waals surface area contributed by atoms with Gasteiger partial charge < -0.3 is 14.6 Å². The number of benzene rings is 1. The summed E-state index contributed by atoms with van der Waals surface area (Å²) < 4.78 is 6.79. The van der Waals surface area contributed by atoms with Crippen LogP contribution in [0.1, 0.15) is 4.88 Å². The Morgan fingerprint density at radius 3 is 2.55 bits per heavy atom. The molecule has 29 heavy (non-hydrogen) atoms. The van der Waals surface area contributed by atoms with Crippen LogP contribution >= 0.6 is 23.7 Å². The SMILES string of the molecule is COc1ccccc1N1CCN(CCn2c(=O)[nH]c3csc(C)c3c2=O)CC1.Cl. The number of aromatic amines is 1. The zero-order valence-electron chi connectivity index (χ0n) is 16.5. The number of hydrogen-bond acceptors (Lipinski definition) is 6. The Kier molecular flexibility index (Phi) is 6.66.